The molecule has 118 valence electrons. The molecule has 1 aliphatic heterocycles. The maximum Gasteiger partial charge on any atom is 0.0606 e. The van der Waals surface area contributed by atoms with Gasteiger partial charge in [0.2, 0.25) is 0 Å². The Balaban J connectivity index is 1.54. The Morgan fingerprint density at radius 2 is 1.86 bits per heavy atom. The topological polar surface area (TPSA) is 9.23 Å². The smallest absolute Gasteiger partial charge is 0.0606 e. The van der Waals surface area contributed by atoms with Crippen molar-refractivity contribution in [1.82, 2.24) is 0 Å². The second-order valence-electron chi connectivity index (χ2n) is 9.26. The third kappa shape index (κ3) is 2.40. The first kappa shape index (κ1) is 14.3. The summed E-state index contributed by atoms with van der Waals surface area (Å²) in [5, 5.41) is 0. The number of rotatable bonds is 0. The van der Waals surface area contributed by atoms with Gasteiger partial charge in [-0.25, -0.2) is 0 Å². The molecule has 4 aliphatic rings. The monoisotopic (exact) mass is 288 g/mol. The summed E-state index contributed by atoms with van der Waals surface area (Å²) in [7, 11) is 0. The van der Waals surface area contributed by atoms with Gasteiger partial charge in [-0.1, -0.05) is 38.8 Å². The predicted octanol–water partition coefficient (Wildman–Crippen LogP) is 5.21. The first-order chi connectivity index (χ1) is 10.0. The lowest BCUT2D eigenvalue weighted by molar-refractivity contribution is -0.0964. The molecule has 1 saturated heterocycles. The van der Waals surface area contributed by atoms with E-state index in [0.717, 1.165) is 36.2 Å². The van der Waals surface area contributed by atoms with Gasteiger partial charge in [-0.05, 0) is 73.5 Å². The van der Waals surface area contributed by atoms with Gasteiger partial charge in [0, 0.05) is 0 Å². The van der Waals surface area contributed by atoms with E-state index in [1.807, 2.05) is 5.57 Å². The van der Waals surface area contributed by atoms with Crippen molar-refractivity contribution in [3.63, 3.8) is 0 Å². The van der Waals surface area contributed by atoms with Crippen LogP contribution in [0.25, 0.3) is 0 Å². The van der Waals surface area contributed by atoms with E-state index in [0.29, 0.717) is 11.5 Å². The molecular weight excluding hydrogens is 256 g/mol. The molecule has 0 bridgehead atoms. The first-order valence-corrected chi connectivity index (χ1v) is 9.34. The highest BCUT2D eigenvalue weighted by molar-refractivity contribution is 5.19. The van der Waals surface area contributed by atoms with Crippen molar-refractivity contribution in [2.45, 2.75) is 71.8 Å². The third-order valence-electron chi connectivity index (χ3n) is 7.28. The van der Waals surface area contributed by atoms with Crippen LogP contribution in [0.3, 0.4) is 0 Å². The van der Waals surface area contributed by atoms with E-state index < -0.39 is 0 Å². The molecule has 3 aliphatic carbocycles. The van der Waals surface area contributed by atoms with Crippen LogP contribution in [0.5, 0.6) is 0 Å². The molecule has 1 heterocycles. The van der Waals surface area contributed by atoms with Crippen molar-refractivity contribution in [3.05, 3.63) is 11.6 Å². The minimum Gasteiger partial charge on any atom is -0.378 e. The molecule has 2 saturated carbocycles. The molecule has 1 heteroatoms. The lowest BCUT2D eigenvalue weighted by Gasteiger charge is -2.50. The molecule has 0 amide bonds. The number of ether oxygens (including phenoxy) is 1. The maximum atomic E-state index is 6.29. The maximum absolute atomic E-state index is 6.29. The summed E-state index contributed by atoms with van der Waals surface area (Å²) in [5.41, 5.74) is 2.28. The highest BCUT2D eigenvalue weighted by Crippen LogP contribution is 2.54. The van der Waals surface area contributed by atoms with Crippen LogP contribution in [0.2, 0.25) is 0 Å². The molecule has 6 unspecified atom stereocenters. The fourth-order valence-electron chi connectivity index (χ4n) is 5.95. The van der Waals surface area contributed by atoms with E-state index in [1.165, 1.54) is 44.9 Å². The summed E-state index contributed by atoms with van der Waals surface area (Å²) in [4.78, 5) is 0. The van der Waals surface area contributed by atoms with Crippen LogP contribution in [-0.4, -0.2) is 12.7 Å². The molecule has 3 fully saturated rings. The van der Waals surface area contributed by atoms with Crippen LogP contribution in [0.1, 0.15) is 65.7 Å². The Kier molecular flexibility index (Phi) is 3.48. The number of hydrogen-bond acceptors (Lipinski definition) is 1. The quantitative estimate of drug-likeness (QED) is 0.556. The van der Waals surface area contributed by atoms with Crippen molar-refractivity contribution in [2.75, 3.05) is 6.61 Å². The summed E-state index contributed by atoms with van der Waals surface area (Å²) in [6.07, 6.45) is 13.1. The molecule has 0 aromatic rings. The largest absolute Gasteiger partial charge is 0.378 e. The van der Waals surface area contributed by atoms with Crippen molar-refractivity contribution < 1.29 is 4.74 Å². The fourth-order valence-corrected chi connectivity index (χ4v) is 5.95. The van der Waals surface area contributed by atoms with Gasteiger partial charge in [-0.2, -0.15) is 0 Å². The van der Waals surface area contributed by atoms with Gasteiger partial charge >= 0.3 is 0 Å². The average molecular weight is 288 g/mol. The molecule has 4 rings (SSSR count). The zero-order chi connectivity index (χ0) is 14.6. The SMILES string of the molecule is CC(C)(C)C1CCC2C(=CCC3C4CCCC4OCC23)C1. The lowest BCUT2D eigenvalue weighted by Crippen LogP contribution is -2.46. The second-order valence-corrected chi connectivity index (χ2v) is 9.26. The van der Waals surface area contributed by atoms with Gasteiger partial charge < -0.3 is 4.74 Å². The van der Waals surface area contributed by atoms with E-state index in [-0.39, 0.29) is 0 Å². The molecule has 0 aromatic heterocycles. The van der Waals surface area contributed by atoms with Crippen LogP contribution in [0.15, 0.2) is 11.6 Å². The Morgan fingerprint density at radius 3 is 2.67 bits per heavy atom. The number of fused-ring (bicyclic) bond motifs is 5. The highest BCUT2D eigenvalue weighted by Gasteiger charge is 2.48. The molecule has 0 aromatic carbocycles. The van der Waals surface area contributed by atoms with Crippen molar-refractivity contribution >= 4 is 0 Å². The van der Waals surface area contributed by atoms with Crippen LogP contribution >= 0.6 is 0 Å². The third-order valence-corrected chi connectivity index (χ3v) is 7.28. The molecule has 21 heavy (non-hydrogen) atoms. The lowest BCUT2D eigenvalue weighted by atomic mass is 9.58. The normalized spacial score (nSPS) is 46.3. The zero-order valence-electron chi connectivity index (χ0n) is 14.1. The van der Waals surface area contributed by atoms with Crippen LogP contribution in [-0.2, 0) is 4.74 Å². The first-order valence-electron chi connectivity index (χ1n) is 9.34. The van der Waals surface area contributed by atoms with Gasteiger partial charge in [0.25, 0.3) is 0 Å². The van der Waals surface area contributed by atoms with E-state index in [9.17, 15) is 0 Å². The standard InChI is InChI=1S/C20H32O/c1-20(2,3)14-8-10-15-13(11-14)7-9-16-17-5-4-6-19(17)21-12-18(15)16/h7,14-19H,4-6,8-12H2,1-3H3. The van der Waals surface area contributed by atoms with Crippen LogP contribution < -0.4 is 0 Å². The van der Waals surface area contributed by atoms with Gasteiger partial charge in [0.15, 0.2) is 0 Å². The van der Waals surface area contributed by atoms with Gasteiger partial charge in [-0.15, -0.1) is 0 Å². The van der Waals surface area contributed by atoms with E-state index in [4.69, 9.17) is 4.74 Å². The van der Waals surface area contributed by atoms with Crippen molar-refractivity contribution in [2.24, 2.45) is 35.0 Å². The molecular formula is C20H32O. The molecule has 0 spiro atoms. The van der Waals surface area contributed by atoms with Gasteiger partial charge in [0.1, 0.15) is 0 Å². The van der Waals surface area contributed by atoms with Crippen molar-refractivity contribution in [3.8, 4) is 0 Å². The summed E-state index contributed by atoms with van der Waals surface area (Å²) in [6.45, 7) is 8.35. The number of allylic oxidation sites excluding steroid dienone is 2. The second kappa shape index (κ2) is 5.11. The Morgan fingerprint density at radius 1 is 1.00 bits per heavy atom. The van der Waals surface area contributed by atoms with Gasteiger partial charge in [-0.3, -0.25) is 0 Å². The summed E-state index contributed by atoms with van der Waals surface area (Å²) in [5.74, 6) is 4.45. The minimum atomic E-state index is 0.474. The zero-order valence-corrected chi connectivity index (χ0v) is 14.1. The Labute approximate surface area is 130 Å². The van der Waals surface area contributed by atoms with Gasteiger partial charge in [0.05, 0.1) is 12.7 Å². The highest BCUT2D eigenvalue weighted by atomic mass is 16.5. The Hall–Kier alpha value is -0.300. The Bertz CT molecular complexity index is 430. The van der Waals surface area contributed by atoms with E-state index >= 15 is 0 Å². The summed E-state index contributed by atoms with van der Waals surface area (Å²) < 4.78 is 6.29. The fraction of sp³-hybridized carbons (Fsp3) is 0.900. The molecule has 1 nitrogen and oxygen atoms in total. The summed E-state index contributed by atoms with van der Waals surface area (Å²) in [6, 6.07) is 0. The number of hydrogen-bond donors (Lipinski definition) is 0. The van der Waals surface area contributed by atoms with Crippen molar-refractivity contribution in [1.29, 1.82) is 0 Å². The molecule has 0 radical (unpaired) electrons. The van der Waals surface area contributed by atoms with Crippen LogP contribution in [0, 0.1) is 35.0 Å². The minimum absolute atomic E-state index is 0.474. The predicted molar refractivity (Wildman–Crippen MR) is 87.0 cm³/mol. The molecule has 6 atom stereocenters. The molecule has 0 N–H and O–H groups in total. The summed E-state index contributed by atoms with van der Waals surface area (Å²) >= 11 is 0. The van der Waals surface area contributed by atoms with E-state index in [1.54, 1.807) is 0 Å². The average Bonchev–Trinajstić information content (AvgIpc) is 2.93. The van der Waals surface area contributed by atoms with Crippen LogP contribution in [0.4, 0.5) is 0 Å². The van der Waals surface area contributed by atoms with E-state index in [2.05, 4.69) is 26.8 Å².